The Balaban J connectivity index is 1.92. The summed E-state index contributed by atoms with van der Waals surface area (Å²) < 4.78 is 7.64. The molecule has 0 fully saturated rings. The molecular weight excluding hydrogens is 374 g/mol. The third kappa shape index (κ3) is 4.55. The molecule has 0 radical (unpaired) electrons. The van der Waals surface area contributed by atoms with Gasteiger partial charge < -0.3 is 4.74 Å². The van der Waals surface area contributed by atoms with Crippen LogP contribution in [0, 0.1) is 19.3 Å². The van der Waals surface area contributed by atoms with E-state index in [1.165, 1.54) is 0 Å². The smallest absolute Gasteiger partial charge is 0.311 e. The zero-order chi connectivity index (χ0) is 22.3. The number of imidazole rings is 1. The van der Waals surface area contributed by atoms with E-state index in [1.807, 2.05) is 34.6 Å². The second-order valence-corrected chi connectivity index (χ2v) is 10.0. The van der Waals surface area contributed by atoms with Crippen molar-refractivity contribution in [2.75, 3.05) is 6.61 Å². The average Bonchev–Trinajstić information content (AvgIpc) is 3.01. The number of aromatic nitrogens is 3. The minimum absolute atomic E-state index is 0.112. The van der Waals surface area contributed by atoms with Crippen LogP contribution in [-0.4, -0.2) is 27.1 Å². The van der Waals surface area contributed by atoms with E-state index in [-0.39, 0.29) is 11.4 Å². The summed E-state index contributed by atoms with van der Waals surface area (Å²) in [4.78, 5) is 21.5. The molecule has 2 heterocycles. The third-order valence-corrected chi connectivity index (χ3v) is 5.05. The Bertz CT molecular complexity index is 1060. The van der Waals surface area contributed by atoms with Crippen LogP contribution in [0.2, 0.25) is 0 Å². The standard InChI is InChI=1S/C25H33N3O2/c1-16-15-20-21(17(2)26-16)27-22(24(3,4)5)28(20)19-11-9-18(10-12-19)13-14-30-23(29)25(6,7)8/h9-12,15H,13-14H2,1-8H3. The summed E-state index contributed by atoms with van der Waals surface area (Å²) in [6, 6.07) is 10.5. The first-order valence-electron chi connectivity index (χ1n) is 10.5. The molecule has 5 heteroatoms. The van der Waals surface area contributed by atoms with Gasteiger partial charge in [0.25, 0.3) is 0 Å². The first-order chi connectivity index (χ1) is 13.9. The summed E-state index contributed by atoms with van der Waals surface area (Å²) in [5.41, 5.74) is 5.59. The number of benzene rings is 1. The molecule has 3 rings (SSSR count). The summed E-state index contributed by atoms with van der Waals surface area (Å²) in [6.45, 7) is 16.6. The van der Waals surface area contributed by atoms with Gasteiger partial charge in [0.15, 0.2) is 0 Å². The molecule has 0 amide bonds. The Morgan fingerprint density at radius 3 is 2.20 bits per heavy atom. The molecule has 2 aromatic heterocycles. The summed E-state index contributed by atoms with van der Waals surface area (Å²) in [7, 11) is 0. The van der Waals surface area contributed by atoms with Gasteiger partial charge in [-0.25, -0.2) is 4.98 Å². The normalized spacial score (nSPS) is 12.4. The molecule has 160 valence electrons. The molecule has 1 aromatic carbocycles. The number of esters is 1. The minimum Gasteiger partial charge on any atom is -0.465 e. The van der Waals surface area contributed by atoms with Crippen molar-refractivity contribution in [1.82, 2.24) is 14.5 Å². The zero-order valence-corrected chi connectivity index (χ0v) is 19.5. The first kappa shape index (κ1) is 22.0. The highest BCUT2D eigenvalue weighted by atomic mass is 16.5. The SMILES string of the molecule is Cc1cc2c(nc(C(C)(C)C)n2-c2ccc(CCOC(=O)C(C)(C)C)cc2)c(C)n1. The molecule has 0 N–H and O–H groups in total. The zero-order valence-electron chi connectivity index (χ0n) is 19.5. The van der Waals surface area contributed by atoms with Crippen LogP contribution in [0.25, 0.3) is 16.7 Å². The highest BCUT2D eigenvalue weighted by Gasteiger charge is 2.25. The molecule has 0 spiro atoms. The van der Waals surface area contributed by atoms with Gasteiger partial charge in [-0.2, -0.15) is 0 Å². The van der Waals surface area contributed by atoms with Crippen molar-refractivity contribution in [3.05, 3.63) is 53.1 Å². The van der Waals surface area contributed by atoms with Crippen molar-refractivity contribution in [3.63, 3.8) is 0 Å². The fourth-order valence-corrected chi connectivity index (χ4v) is 3.43. The van der Waals surface area contributed by atoms with Gasteiger partial charge >= 0.3 is 5.97 Å². The number of nitrogens with zero attached hydrogens (tertiary/aromatic N) is 3. The molecule has 0 atom stereocenters. The van der Waals surface area contributed by atoms with Crippen LogP contribution >= 0.6 is 0 Å². The Labute approximate surface area is 179 Å². The predicted molar refractivity (Wildman–Crippen MR) is 121 cm³/mol. The van der Waals surface area contributed by atoms with Crippen LogP contribution in [0.3, 0.4) is 0 Å². The van der Waals surface area contributed by atoms with Crippen molar-refractivity contribution in [2.45, 2.75) is 67.2 Å². The summed E-state index contributed by atoms with van der Waals surface area (Å²) in [6.07, 6.45) is 0.695. The second-order valence-electron chi connectivity index (χ2n) is 10.0. The third-order valence-electron chi connectivity index (χ3n) is 5.05. The van der Waals surface area contributed by atoms with Crippen molar-refractivity contribution in [3.8, 4) is 5.69 Å². The lowest BCUT2D eigenvalue weighted by Crippen LogP contribution is -2.23. The summed E-state index contributed by atoms with van der Waals surface area (Å²) in [5.74, 6) is 0.845. The Morgan fingerprint density at radius 1 is 1.00 bits per heavy atom. The van der Waals surface area contributed by atoms with Crippen molar-refractivity contribution < 1.29 is 9.53 Å². The van der Waals surface area contributed by atoms with Gasteiger partial charge in [-0.1, -0.05) is 32.9 Å². The van der Waals surface area contributed by atoms with E-state index in [0.717, 1.165) is 39.5 Å². The van der Waals surface area contributed by atoms with Crippen molar-refractivity contribution >= 4 is 17.0 Å². The van der Waals surface area contributed by atoms with Crippen molar-refractivity contribution in [2.24, 2.45) is 5.41 Å². The maximum Gasteiger partial charge on any atom is 0.311 e. The molecule has 0 aliphatic heterocycles. The lowest BCUT2D eigenvalue weighted by molar-refractivity contribution is -0.152. The van der Waals surface area contributed by atoms with E-state index in [4.69, 9.17) is 9.72 Å². The number of fused-ring (bicyclic) bond motifs is 1. The van der Waals surface area contributed by atoms with Gasteiger partial charge in [0.2, 0.25) is 0 Å². The lowest BCUT2D eigenvalue weighted by atomic mass is 9.95. The summed E-state index contributed by atoms with van der Waals surface area (Å²) >= 11 is 0. The average molecular weight is 408 g/mol. The van der Waals surface area contributed by atoms with Crippen LogP contribution in [-0.2, 0) is 21.4 Å². The summed E-state index contributed by atoms with van der Waals surface area (Å²) in [5, 5.41) is 0. The quantitative estimate of drug-likeness (QED) is 0.538. The number of pyridine rings is 1. The van der Waals surface area contributed by atoms with Gasteiger partial charge in [-0.05, 0) is 58.4 Å². The molecule has 3 aromatic rings. The highest BCUT2D eigenvalue weighted by molar-refractivity contribution is 5.81. The molecule has 5 nitrogen and oxygen atoms in total. The molecular formula is C25H33N3O2. The lowest BCUT2D eigenvalue weighted by Gasteiger charge is -2.20. The van der Waals surface area contributed by atoms with Gasteiger partial charge in [0.1, 0.15) is 11.3 Å². The maximum absolute atomic E-state index is 11.9. The molecule has 0 saturated carbocycles. The van der Waals surface area contributed by atoms with E-state index >= 15 is 0 Å². The van der Waals surface area contributed by atoms with Crippen LogP contribution in [0.1, 0.15) is 64.3 Å². The topological polar surface area (TPSA) is 57.0 Å². The highest BCUT2D eigenvalue weighted by Crippen LogP contribution is 2.31. The van der Waals surface area contributed by atoms with Gasteiger partial charge in [0, 0.05) is 23.2 Å². The number of hydrogen-bond donors (Lipinski definition) is 0. The maximum atomic E-state index is 11.9. The number of aryl methyl sites for hydroxylation is 2. The predicted octanol–water partition coefficient (Wildman–Crippen LogP) is 5.47. The Morgan fingerprint density at radius 2 is 1.63 bits per heavy atom. The largest absolute Gasteiger partial charge is 0.465 e. The van der Waals surface area contributed by atoms with E-state index in [9.17, 15) is 4.79 Å². The van der Waals surface area contributed by atoms with Crippen LogP contribution in [0.5, 0.6) is 0 Å². The number of hydrogen-bond acceptors (Lipinski definition) is 4. The van der Waals surface area contributed by atoms with E-state index in [2.05, 4.69) is 60.7 Å². The molecule has 0 saturated heterocycles. The number of carbonyl (C=O) groups excluding carboxylic acids is 1. The number of rotatable bonds is 4. The van der Waals surface area contributed by atoms with Crippen LogP contribution in [0.15, 0.2) is 30.3 Å². The molecule has 0 unspecified atom stereocenters. The van der Waals surface area contributed by atoms with E-state index in [1.54, 1.807) is 0 Å². The monoisotopic (exact) mass is 407 g/mol. The number of carbonyl (C=O) groups is 1. The second kappa shape index (κ2) is 7.86. The fourth-order valence-electron chi connectivity index (χ4n) is 3.43. The van der Waals surface area contributed by atoms with Crippen LogP contribution < -0.4 is 0 Å². The minimum atomic E-state index is -0.471. The van der Waals surface area contributed by atoms with Gasteiger partial charge in [-0.3, -0.25) is 14.3 Å². The molecule has 0 aliphatic rings. The molecule has 30 heavy (non-hydrogen) atoms. The molecule has 0 aliphatic carbocycles. The van der Waals surface area contributed by atoms with E-state index in [0.29, 0.717) is 13.0 Å². The van der Waals surface area contributed by atoms with Gasteiger partial charge in [-0.15, -0.1) is 0 Å². The fraction of sp³-hybridized carbons (Fsp3) is 0.480. The first-order valence-corrected chi connectivity index (χ1v) is 10.5. The van der Waals surface area contributed by atoms with Gasteiger partial charge in [0.05, 0.1) is 23.2 Å². The van der Waals surface area contributed by atoms with Crippen molar-refractivity contribution in [1.29, 1.82) is 0 Å². The van der Waals surface area contributed by atoms with Crippen LogP contribution in [0.4, 0.5) is 0 Å². The Hall–Kier alpha value is -2.69. The van der Waals surface area contributed by atoms with E-state index < -0.39 is 5.41 Å². The molecule has 0 bridgehead atoms. The Kier molecular flexibility index (Phi) is 5.76. The number of ether oxygens (including phenoxy) is 1.